The van der Waals surface area contributed by atoms with Crippen LogP contribution in [0.5, 0.6) is 0 Å². The smallest absolute Gasteiger partial charge is 0.223 e. The first-order valence-corrected chi connectivity index (χ1v) is 7.37. The predicted octanol–water partition coefficient (Wildman–Crippen LogP) is 0.786. The Morgan fingerprint density at radius 3 is 2.61 bits per heavy atom. The third-order valence-corrected chi connectivity index (χ3v) is 4.36. The van der Waals surface area contributed by atoms with Crippen molar-refractivity contribution >= 4 is 5.91 Å². The van der Waals surface area contributed by atoms with Gasteiger partial charge in [0.1, 0.15) is 0 Å². The van der Waals surface area contributed by atoms with Crippen LogP contribution in [0, 0.1) is 11.8 Å². The summed E-state index contributed by atoms with van der Waals surface area (Å²) in [6.45, 7) is 11.6. The lowest BCUT2D eigenvalue weighted by Crippen LogP contribution is -2.47. The Balaban J connectivity index is 1.67. The molecule has 0 aromatic rings. The molecular weight excluding hydrogens is 226 g/mol. The second-order valence-corrected chi connectivity index (χ2v) is 5.97. The SMILES string of the molecule is CC(C)[C@@H]1CCN(CCC(=O)N2CCNCC2)C1. The maximum absolute atomic E-state index is 12.0. The molecule has 0 unspecified atom stereocenters. The van der Waals surface area contributed by atoms with Crippen LogP contribution in [0.2, 0.25) is 0 Å². The predicted molar refractivity (Wildman–Crippen MR) is 73.5 cm³/mol. The summed E-state index contributed by atoms with van der Waals surface area (Å²) in [6.07, 6.45) is 2.00. The van der Waals surface area contributed by atoms with Crippen molar-refractivity contribution in [2.24, 2.45) is 11.8 Å². The quantitative estimate of drug-likeness (QED) is 0.804. The third-order valence-electron chi connectivity index (χ3n) is 4.36. The minimum Gasteiger partial charge on any atom is -0.340 e. The molecule has 1 amide bonds. The summed E-state index contributed by atoms with van der Waals surface area (Å²) in [5, 5.41) is 3.28. The van der Waals surface area contributed by atoms with Crippen molar-refractivity contribution in [3.63, 3.8) is 0 Å². The van der Waals surface area contributed by atoms with Crippen LogP contribution in [0.3, 0.4) is 0 Å². The zero-order valence-corrected chi connectivity index (χ0v) is 11.8. The van der Waals surface area contributed by atoms with E-state index in [1.165, 1.54) is 19.5 Å². The number of carbonyl (C=O) groups excluding carboxylic acids is 1. The zero-order chi connectivity index (χ0) is 13.0. The van der Waals surface area contributed by atoms with Gasteiger partial charge in [-0.2, -0.15) is 0 Å². The minimum atomic E-state index is 0.337. The van der Waals surface area contributed by atoms with Crippen LogP contribution < -0.4 is 5.32 Å². The summed E-state index contributed by atoms with van der Waals surface area (Å²) in [6, 6.07) is 0. The number of hydrogen-bond acceptors (Lipinski definition) is 3. The molecule has 2 aliphatic rings. The van der Waals surface area contributed by atoms with Crippen molar-refractivity contribution in [2.45, 2.75) is 26.7 Å². The van der Waals surface area contributed by atoms with Gasteiger partial charge in [0, 0.05) is 45.7 Å². The van der Waals surface area contributed by atoms with E-state index in [-0.39, 0.29) is 0 Å². The van der Waals surface area contributed by atoms with Crippen molar-refractivity contribution in [3.8, 4) is 0 Å². The topological polar surface area (TPSA) is 35.6 Å². The summed E-state index contributed by atoms with van der Waals surface area (Å²) in [4.78, 5) is 16.5. The first kappa shape index (κ1) is 13.8. The molecule has 0 bridgehead atoms. The molecule has 0 radical (unpaired) electrons. The summed E-state index contributed by atoms with van der Waals surface area (Å²) in [7, 11) is 0. The molecule has 0 aromatic heterocycles. The van der Waals surface area contributed by atoms with Gasteiger partial charge in [0.2, 0.25) is 5.91 Å². The summed E-state index contributed by atoms with van der Waals surface area (Å²) in [5.74, 6) is 1.95. The van der Waals surface area contributed by atoms with Crippen LogP contribution >= 0.6 is 0 Å². The molecule has 1 N–H and O–H groups in total. The molecule has 0 saturated carbocycles. The van der Waals surface area contributed by atoms with Gasteiger partial charge in [-0.3, -0.25) is 4.79 Å². The highest BCUT2D eigenvalue weighted by molar-refractivity contribution is 5.76. The minimum absolute atomic E-state index is 0.337. The van der Waals surface area contributed by atoms with Crippen molar-refractivity contribution < 1.29 is 4.79 Å². The monoisotopic (exact) mass is 253 g/mol. The fourth-order valence-electron chi connectivity index (χ4n) is 2.94. The van der Waals surface area contributed by atoms with Crippen LogP contribution in [0.1, 0.15) is 26.7 Å². The maximum atomic E-state index is 12.0. The molecule has 0 spiro atoms. The average molecular weight is 253 g/mol. The third kappa shape index (κ3) is 3.69. The largest absolute Gasteiger partial charge is 0.340 e. The van der Waals surface area contributed by atoms with E-state index in [9.17, 15) is 4.79 Å². The van der Waals surface area contributed by atoms with E-state index < -0.39 is 0 Å². The molecule has 2 fully saturated rings. The second-order valence-electron chi connectivity index (χ2n) is 5.97. The summed E-state index contributed by atoms with van der Waals surface area (Å²) in [5.41, 5.74) is 0. The highest BCUT2D eigenvalue weighted by Gasteiger charge is 2.25. The van der Waals surface area contributed by atoms with Crippen LogP contribution in [0.15, 0.2) is 0 Å². The number of carbonyl (C=O) groups is 1. The Labute approximate surface area is 111 Å². The van der Waals surface area contributed by atoms with E-state index in [2.05, 4.69) is 24.1 Å². The molecule has 1 atom stereocenters. The Hall–Kier alpha value is -0.610. The summed E-state index contributed by atoms with van der Waals surface area (Å²) >= 11 is 0. The van der Waals surface area contributed by atoms with E-state index >= 15 is 0 Å². The van der Waals surface area contributed by atoms with Crippen molar-refractivity contribution in [2.75, 3.05) is 45.8 Å². The number of piperazine rings is 1. The van der Waals surface area contributed by atoms with Gasteiger partial charge >= 0.3 is 0 Å². The second kappa shape index (κ2) is 6.53. The van der Waals surface area contributed by atoms with Gasteiger partial charge in [0.25, 0.3) is 0 Å². The van der Waals surface area contributed by atoms with Crippen LogP contribution in [0.25, 0.3) is 0 Å². The maximum Gasteiger partial charge on any atom is 0.223 e. The van der Waals surface area contributed by atoms with Crippen LogP contribution in [-0.2, 0) is 4.79 Å². The Morgan fingerprint density at radius 2 is 2.00 bits per heavy atom. The zero-order valence-electron chi connectivity index (χ0n) is 11.8. The fraction of sp³-hybridized carbons (Fsp3) is 0.929. The number of hydrogen-bond donors (Lipinski definition) is 1. The molecule has 4 nitrogen and oxygen atoms in total. The van der Waals surface area contributed by atoms with E-state index in [4.69, 9.17) is 0 Å². The molecule has 104 valence electrons. The Bertz CT molecular complexity index is 274. The number of likely N-dealkylation sites (tertiary alicyclic amines) is 1. The summed E-state index contributed by atoms with van der Waals surface area (Å²) < 4.78 is 0. The van der Waals surface area contributed by atoms with Gasteiger partial charge in [-0.25, -0.2) is 0 Å². The first-order valence-electron chi connectivity index (χ1n) is 7.37. The van der Waals surface area contributed by atoms with Crippen molar-refractivity contribution in [3.05, 3.63) is 0 Å². The van der Waals surface area contributed by atoms with Gasteiger partial charge in [-0.1, -0.05) is 13.8 Å². The molecule has 2 aliphatic heterocycles. The fourth-order valence-corrected chi connectivity index (χ4v) is 2.94. The number of nitrogens with zero attached hydrogens (tertiary/aromatic N) is 2. The molecule has 2 heterocycles. The number of nitrogens with one attached hydrogen (secondary N) is 1. The lowest BCUT2D eigenvalue weighted by molar-refractivity contribution is -0.132. The van der Waals surface area contributed by atoms with E-state index in [0.29, 0.717) is 12.3 Å². The Morgan fingerprint density at radius 1 is 1.28 bits per heavy atom. The highest BCUT2D eigenvalue weighted by atomic mass is 16.2. The molecule has 0 aromatic carbocycles. The van der Waals surface area contributed by atoms with E-state index in [1.807, 2.05) is 4.90 Å². The molecule has 2 saturated heterocycles. The molecule has 4 heteroatoms. The number of amides is 1. The average Bonchev–Trinajstić information content (AvgIpc) is 2.86. The van der Waals surface area contributed by atoms with Crippen LogP contribution in [-0.4, -0.2) is 61.5 Å². The number of rotatable bonds is 4. The van der Waals surface area contributed by atoms with Crippen molar-refractivity contribution in [1.29, 1.82) is 0 Å². The van der Waals surface area contributed by atoms with Gasteiger partial charge < -0.3 is 15.1 Å². The van der Waals surface area contributed by atoms with Gasteiger partial charge in [0.15, 0.2) is 0 Å². The van der Waals surface area contributed by atoms with Crippen molar-refractivity contribution in [1.82, 2.24) is 15.1 Å². The highest BCUT2D eigenvalue weighted by Crippen LogP contribution is 2.23. The molecular formula is C14H27N3O. The normalized spacial score (nSPS) is 25.9. The van der Waals surface area contributed by atoms with Crippen LogP contribution in [0.4, 0.5) is 0 Å². The first-order chi connectivity index (χ1) is 8.66. The van der Waals surface area contributed by atoms with Gasteiger partial charge in [-0.05, 0) is 24.8 Å². The van der Waals surface area contributed by atoms with Gasteiger partial charge in [0.05, 0.1) is 0 Å². The molecule has 18 heavy (non-hydrogen) atoms. The van der Waals surface area contributed by atoms with Gasteiger partial charge in [-0.15, -0.1) is 0 Å². The lowest BCUT2D eigenvalue weighted by atomic mass is 9.95. The lowest BCUT2D eigenvalue weighted by Gasteiger charge is -2.28. The standard InChI is InChI=1S/C14H27N3O/c1-12(2)13-3-7-16(11-13)8-4-14(18)17-9-5-15-6-10-17/h12-13,15H,3-11H2,1-2H3/t13-/m1/s1. The molecule has 0 aliphatic carbocycles. The van der Waals surface area contributed by atoms with E-state index in [0.717, 1.165) is 44.6 Å². The molecule has 2 rings (SSSR count). The Kier molecular flexibility index (Phi) is 5.01. The van der Waals surface area contributed by atoms with E-state index in [1.54, 1.807) is 0 Å².